The van der Waals surface area contributed by atoms with Gasteiger partial charge in [-0.1, -0.05) is 23.8 Å². The van der Waals surface area contributed by atoms with Crippen molar-refractivity contribution in [1.82, 2.24) is 0 Å². The second kappa shape index (κ2) is 9.55. The van der Waals surface area contributed by atoms with Crippen LogP contribution in [-0.2, 0) is 11.0 Å². The SMILES string of the molecule is Cc1ccc(C(=O)N(C)c2ccc(OC(=O)COc3cccc(C(F)(F)F)c3)cc2)cc1. The average Bonchev–Trinajstić information content (AvgIpc) is 2.77. The second-order valence-electron chi connectivity index (χ2n) is 7.01. The van der Waals surface area contributed by atoms with Gasteiger partial charge in [0.25, 0.3) is 5.91 Å². The summed E-state index contributed by atoms with van der Waals surface area (Å²) < 4.78 is 48.4. The van der Waals surface area contributed by atoms with Gasteiger partial charge < -0.3 is 14.4 Å². The topological polar surface area (TPSA) is 55.8 Å². The summed E-state index contributed by atoms with van der Waals surface area (Å²) in [6, 6.07) is 17.7. The highest BCUT2D eigenvalue weighted by atomic mass is 19.4. The first-order chi connectivity index (χ1) is 15.1. The zero-order valence-corrected chi connectivity index (χ0v) is 17.3. The van der Waals surface area contributed by atoms with E-state index in [0.717, 1.165) is 17.7 Å². The van der Waals surface area contributed by atoms with Crippen molar-refractivity contribution in [2.24, 2.45) is 0 Å². The van der Waals surface area contributed by atoms with Crippen LogP contribution >= 0.6 is 0 Å². The number of carbonyl (C=O) groups excluding carboxylic acids is 2. The van der Waals surface area contributed by atoms with Crippen LogP contribution in [0.4, 0.5) is 18.9 Å². The van der Waals surface area contributed by atoms with Crippen LogP contribution in [0.25, 0.3) is 0 Å². The first kappa shape index (κ1) is 22.9. The van der Waals surface area contributed by atoms with Crippen molar-refractivity contribution in [1.29, 1.82) is 0 Å². The van der Waals surface area contributed by atoms with Crippen LogP contribution in [0.5, 0.6) is 11.5 Å². The molecule has 5 nitrogen and oxygen atoms in total. The molecular formula is C24H20F3NO4. The van der Waals surface area contributed by atoms with Crippen LogP contribution in [0.15, 0.2) is 72.8 Å². The molecule has 3 aromatic rings. The molecule has 0 fully saturated rings. The number of halogens is 3. The lowest BCUT2D eigenvalue weighted by molar-refractivity contribution is -0.137. The zero-order chi connectivity index (χ0) is 23.3. The molecule has 1 amide bonds. The molecule has 166 valence electrons. The number of aryl methyl sites for hydroxylation is 1. The van der Waals surface area contributed by atoms with E-state index in [0.29, 0.717) is 11.3 Å². The minimum atomic E-state index is -4.50. The van der Waals surface area contributed by atoms with Gasteiger partial charge >= 0.3 is 12.1 Å². The van der Waals surface area contributed by atoms with Crippen LogP contribution in [-0.4, -0.2) is 25.5 Å². The Balaban J connectivity index is 1.56. The van der Waals surface area contributed by atoms with Crippen molar-refractivity contribution in [2.45, 2.75) is 13.1 Å². The number of hydrogen-bond donors (Lipinski definition) is 0. The number of benzene rings is 3. The van der Waals surface area contributed by atoms with E-state index in [1.165, 1.54) is 29.2 Å². The molecule has 0 bridgehead atoms. The summed E-state index contributed by atoms with van der Waals surface area (Å²) in [7, 11) is 1.63. The largest absolute Gasteiger partial charge is 0.482 e. The van der Waals surface area contributed by atoms with Crippen LogP contribution in [0.3, 0.4) is 0 Å². The predicted molar refractivity (Wildman–Crippen MR) is 113 cm³/mol. The number of nitrogens with zero attached hydrogens (tertiary/aromatic N) is 1. The Bertz CT molecular complexity index is 1090. The number of hydrogen-bond acceptors (Lipinski definition) is 4. The van der Waals surface area contributed by atoms with E-state index in [1.54, 1.807) is 31.3 Å². The van der Waals surface area contributed by atoms with E-state index in [1.807, 2.05) is 19.1 Å². The molecule has 0 aliphatic heterocycles. The van der Waals surface area contributed by atoms with Crippen molar-refractivity contribution in [3.63, 3.8) is 0 Å². The maximum Gasteiger partial charge on any atom is 0.416 e. The summed E-state index contributed by atoms with van der Waals surface area (Å²) in [6.07, 6.45) is -4.50. The molecule has 3 rings (SSSR count). The smallest absolute Gasteiger partial charge is 0.416 e. The quantitative estimate of drug-likeness (QED) is 0.385. The van der Waals surface area contributed by atoms with E-state index in [2.05, 4.69) is 0 Å². The summed E-state index contributed by atoms with van der Waals surface area (Å²) in [5, 5.41) is 0. The number of esters is 1. The monoisotopic (exact) mass is 443 g/mol. The number of carbonyl (C=O) groups is 2. The maximum atomic E-state index is 12.7. The fourth-order valence-corrected chi connectivity index (χ4v) is 2.81. The Kier molecular flexibility index (Phi) is 6.82. The Morgan fingerprint density at radius 2 is 1.56 bits per heavy atom. The highest BCUT2D eigenvalue weighted by Gasteiger charge is 2.30. The van der Waals surface area contributed by atoms with Gasteiger partial charge in [-0.15, -0.1) is 0 Å². The Morgan fingerprint density at radius 3 is 2.19 bits per heavy atom. The molecule has 0 aliphatic rings. The predicted octanol–water partition coefficient (Wildman–Crippen LogP) is 5.27. The van der Waals surface area contributed by atoms with Gasteiger partial charge in [-0.05, 0) is 61.5 Å². The molecule has 0 saturated carbocycles. The lowest BCUT2D eigenvalue weighted by atomic mass is 10.1. The van der Waals surface area contributed by atoms with Gasteiger partial charge in [0, 0.05) is 18.3 Å². The fraction of sp³-hybridized carbons (Fsp3) is 0.167. The van der Waals surface area contributed by atoms with E-state index in [9.17, 15) is 22.8 Å². The minimum Gasteiger partial charge on any atom is -0.482 e. The Hall–Kier alpha value is -3.81. The second-order valence-corrected chi connectivity index (χ2v) is 7.01. The van der Waals surface area contributed by atoms with Crippen LogP contribution in [0, 0.1) is 6.92 Å². The van der Waals surface area contributed by atoms with Crippen molar-refractivity contribution in [3.8, 4) is 11.5 Å². The molecule has 0 heterocycles. The molecule has 0 N–H and O–H groups in total. The van der Waals surface area contributed by atoms with E-state index in [4.69, 9.17) is 9.47 Å². The molecule has 0 radical (unpaired) electrons. The number of alkyl halides is 3. The molecular weight excluding hydrogens is 423 g/mol. The molecule has 0 aliphatic carbocycles. The summed E-state index contributed by atoms with van der Waals surface area (Å²) in [5.41, 5.74) is 1.31. The van der Waals surface area contributed by atoms with Gasteiger partial charge in [0.05, 0.1) is 5.56 Å². The molecule has 0 spiro atoms. The first-order valence-corrected chi connectivity index (χ1v) is 9.59. The zero-order valence-electron chi connectivity index (χ0n) is 17.3. The molecule has 32 heavy (non-hydrogen) atoms. The standard InChI is InChI=1S/C24H20F3NO4/c1-16-6-8-17(9-7-16)23(30)28(2)19-10-12-20(13-11-19)32-22(29)15-31-21-5-3-4-18(14-21)24(25,26)27/h3-14H,15H2,1-2H3. The van der Waals surface area contributed by atoms with Gasteiger partial charge in [0.15, 0.2) is 6.61 Å². The minimum absolute atomic E-state index is 0.0941. The first-order valence-electron chi connectivity index (χ1n) is 9.59. The van der Waals surface area contributed by atoms with Gasteiger partial charge in [-0.2, -0.15) is 13.2 Å². The average molecular weight is 443 g/mol. The Morgan fingerprint density at radius 1 is 0.906 bits per heavy atom. The number of amides is 1. The molecule has 0 saturated heterocycles. The van der Waals surface area contributed by atoms with E-state index in [-0.39, 0.29) is 17.4 Å². The lowest BCUT2D eigenvalue weighted by Gasteiger charge is -2.18. The van der Waals surface area contributed by atoms with Crippen LogP contribution < -0.4 is 14.4 Å². The van der Waals surface area contributed by atoms with E-state index < -0.39 is 24.3 Å². The number of rotatable bonds is 6. The highest BCUT2D eigenvalue weighted by molar-refractivity contribution is 6.05. The lowest BCUT2D eigenvalue weighted by Crippen LogP contribution is -2.26. The molecule has 0 atom stereocenters. The van der Waals surface area contributed by atoms with Gasteiger partial charge in [-0.3, -0.25) is 4.79 Å². The summed E-state index contributed by atoms with van der Waals surface area (Å²) in [6.45, 7) is 1.37. The van der Waals surface area contributed by atoms with Gasteiger partial charge in [-0.25, -0.2) is 4.79 Å². The third-order valence-corrected chi connectivity index (χ3v) is 4.58. The summed E-state index contributed by atoms with van der Waals surface area (Å²) in [5.74, 6) is -0.852. The van der Waals surface area contributed by atoms with Crippen molar-refractivity contribution in [2.75, 3.05) is 18.6 Å². The van der Waals surface area contributed by atoms with Crippen molar-refractivity contribution < 1.29 is 32.2 Å². The van der Waals surface area contributed by atoms with Crippen LogP contribution in [0.2, 0.25) is 0 Å². The molecule has 8 heteroatoms. The summed E-state index contributed by atoms with van der Waals surface area (Å²) in [4.78, 5) is 26.0. The van der Waals surface area contributed by atoms with Crippen LogP contribution in [0.1, 0.15) is 21.5 Å². The van der Waals surface area contributed by atoms with Gasteiger partial charge in [0.1, 0.15) is 11.5 Å². The fourth-order valence-electron chi connectivity index (χ4n) is 2.81. The third kappa shape index (κ3) is 5.87. The van der Waals surface area contributed by atoms with E-state index >= 15 is 0 Å². The number of anilines is 1. The van der Waals surface area contributed by atoms with Gasteiger partial charge in [0.2, 0.25) is 0 Å². The molecule has 0 unspecified atom stereocenters. The Labute approximate surface area is 183 Å². The highest BCUT2D eigenvalue weighted by Crippen LogP contribution is 2.31. The molecule has 0 aromatic heterocycles. The normalized spacial score (nSPS) is 11.0. The van der Waals surface area contributed by atoms with Crippen molar-refractivity contribution in [3.05, 3.63) is 89.5 Å². The molecule has 3 aromatic carbocycles. The third-order valence-electron chi connectivity index (χ3n) is 4.58. The summed E-state index contributed by atoms with van der Waals surface area (Å²) >= 11 is 0. The van der Waals surface area contributed by atoms with Crippen molar-refractivity contribution >= 4 is 17.6 Å². The maximum absolute atomic E-state index is 12.7. The number of ether oxygens (including phenoxy) is 2.